The molecule has 2 N–H and O–H groups in total. The number of nitro benzene ring substituents is 1. The molecule has 0 fully saturated rings. The molecule has 3 aromatic carbocycles. The second-order valence-corrected chi connectivity index (χ2v) is 8.79. The topological polar surface area (TPSA) is 118 Å². The van der Waals surface area contributed by atoms with Crippen molar-refractivity contribution in [1.82, 2.24) is 0 Å². The van der Waals surface area contributed by atoms with Crippen molar-refractivity contribution in [3.8, 4) is 0 Å². The van der Waals surface area contributed by atoms with Crippen LogP contribution in [0.1, 0.15) is 11.1 Å². The third kappa shape index (κ3) is 5.71. The van der Waals surface area contributed by atoms with Crippen LogP contribution < -0.4 is 10.0 Å². The first-order valence-corrected chi connectivity index (χ1v) is 11.1. The van der Waals surface area contributed by atoms with Crippen LogP contribution in [0.25, 0.3) is 6.08 Å². The highest BCUT2D eigenvalue weighted by atomic mass is 35.5. The first-order valence-electron chi connectivity index (χ1n) is 9.27. The lowest BCUT2D eigenvalue weighted by Gasteiger charge is -2.13. The van der Waals surface area contributed by atoms with Gasteiger partial charge >= 0.3 is 0 Å². The zero-order valence-corrected chi connectivity index (χ0v) is 18.4. The van der Waals surface area contributed by atoms with E-state index in [0.29, 0.717) is 11.1 Å². The van der Waals surface area contributed by atoms with Crippen molar-refractivity contribution in [2.75, 3.05) is 10.0 Å². The summed E-state index contributed by atoms with van der Waals surface area (Å²) in [5.41, 5.74) is 1.57. The predicted octanol–water partition coefficient (Wildman–Crippen LogP) is 5.01. The van der Waals surface area contributed by atoms with E-state index in [1.807, 2.05) is 0 Å². The van der Waals surface area contributed by atoms with Gasteiger partial charge in [-0.3, -0.25) is 19.6 Å². The SMILES string of the molecule is Cc1ccc(NC(=O)/C=C/c2ccc([N+](=O)[O-])cc2)cc1S(=O)(=O)Nc1ccccc1Cl. The van der Waals surface area contributed by atoms with Crippen molar-refractivity contribution in [1.29, 1.82) is 0 Å². The van der Waals surface area contributed by atoms with Gasteiger partial charge in [-0.1, -0.05) is 29.8 Å². The highest BCUT2D eigenvalue weighted by molar-refractivity contribution is 7.92. The molecule has 0 aliphatic rings. The maximum atomic E-state index is 12.9. The molecule has 1 amide bonds. The molecule has 0 atom stereocenters. The molecular weight excluding hydrogens is 454 g/mol. The third-order valence-electron chi connectivity index (χ3n) is 4.39. The van der Waals surface area contributed by atoms with E-state index >= 15 is 0 Å². The van der Waals surface area contributed by atoms with Crippen molar-refractivity contribution >= 4 is 50.7 Å². The molecule has 164 valence electrons. The number of rotatable bonds is 7. The summed E-state index contributed by atoms with van der Waals surface area (Å²) in [4.78, 5) is 22.4. The third-order valence-corrected chi connectivity index (χ3v) is 6.23. The van der Waals surface area contributed by atoms with Gasteiger partial charge in [-0.25, -0.2) is 8.42 Å². The van der Waals surface area contributed by atoms with Crippen molar-refractivity contribution in [3.05, 3.63) is 99.1 Å². The quantitative estimate of drug-likeness (QED) is 0.285. The van der Waals surface area contributed by atoms with Gasteiger partial charge in [-0.05, 0) is 60.5 Å². The largest absolute Gasteiger partial charge is 0.322 e. The molecule has 0 saturated heterocycles. The summed E-state index contributed by atoms with van der Waals surface area (Å²) < 4.78 is 28.2. The molecule has 0 radical (unpaired) electrons. The van der Waals surface area contributed by atoms with Crippen LogP contribution in [0.4, 0.5) is 17.1 Å². The number of non-ortho nitro benzene ring substituents is 1. The van der Waals surface area contributed by atoms with Crippen LogP contribution in [0.3, 0.4) is 0 Å². The minimum atomic E-state index is -3.95. The van der Waals surface area contributed by atoms with Crippen LogP contribution in [0.15, 0.2) is 77.7 Å². The minimum Gasteiger partial charge on any atom is -0.322 e. The van der Waals surface area contributed by atoms with E-state index in [9.17, 15) is 23.3 Å². The Hall–Kier alpha value is -3.69. The smallest absolute Gasteiger partial charge is 0.269 e. The van der Waals surface area contributed by atoms with Gasteiger partial charge < -0.3 is 5.32 Å². The van der Waals surface area contributed by atoms with Crippen molar-refractivity contribution in [2.24, 2.45) is 0 Å². The van der Waals surface area contributed by atoms with E-state index in [4.69, 9.17) is 11.6 Å². The Bertz CT molecular complexity index is 1310. The van der Waals surface area contributed by atoms with E-state index in [1.54, 1.807) is 43.3 Å². The summed E-state index contributed by atoms with van der Waals surface area (Å²) in [6.07, 6.45) is 2.74. The van der Waals surface area contributed by atoms with Crippen LogP contribution in [0.2, 0.25) is 5.02 Å². The lowest BCUT2D eigenvalue weighted by Crippen LogP contribution is -2.15. The molecule has 10 heteroatoms. The number of nitrogens with one attached hydrogen (secondary N) is 2. The van der Waals surface area contributed by atoms with E-state index < -0.39 is 20.9 Å². The Kier molecular flexibility index (Phi) is 6.92. The van der Waals surface area contributed by atoms with Crippen molar-refractivity contribution in [2.45, 2.75) is 11.8 Å². The average Bonchev–Trinajstić information content (AvgIpc) is 2.75. The molecule has 8 nitrogen and oxygen atoms in total. The first-order chi connectivity index (χ1) is 15.2. The minimum absolute atomic E-state index is 0.00503. The molecule has 0 heterocycles. The number of nitro groups is 1. The first kappa shape index (κ1) is 23.0. The molecule has 0 aromatic heterocycles. The number of nitrogens with zero attached hydrogens (tertiary/aromatic N) is 1. The number of aryl methyl sites for hydroxylation is 1. The van der Waals surface area contributed by atoms with Crippen molar-refractivity contribution in [3.63, 3.8) is 0 Å². The number of sulfonamides is 1. The summed E-state index contributed by atoms with van der Waals surface area (Å²) in [7, 11) is -3.95. The molecule has 0 aliphatic carbocycles. The van der Waals surface area contributed by atoms with Gasteiger partial charge in [0.25, 0.3) is 15.7 Å². The number of para-hydroxylation sites is 1. The zero-order valence-electron chi connectivity index (χ0n) is 16.8. The number of hydrogen-bond acceptors (Lipinski definition) is 5. The van der Waals surface area contributed by atoms with Crippen LogP contribution in [-0.4, -0.2) is 19.2 Å². The summed E-state index contributed by atoms with van der Waals surface area (Å²) in [5, 5.41) is 13.6. The molecule has 3 rings (SSSR count). The standard InChI is InChI=1S/C22H18ClN3O5S/c1-15-6-10-17(14-21(15)32(30,31)25-20-5-3-2-4-19(20)23)24-22(27)13-9-16-7-11-18(12-8-16)26(28)29/h2-14,25H,1H3,(H,24,27)/b13-9+. The summed E-state index contributed by atoms with van der Waals surface area (Å²) in [6.45, 7) is 1.64. The molecule has 32 heavy (non-hydrogen) atoms. The molecule has 0 saturated carbocycles. The zero-order chi connectivity index (χ0) is 23.3. The molecule has 0 bridgehead atoms. The maximum Gasteiger partial charge on any atom is 0.269 e. The highest BCUT2D eigenvalue weighted by Crippen LogP contribution is 2.27. The van der Waals surface area contributed by atoms with E-state index in [1.165, 1.54) is 42.5 Å². The number of amides is 1. The van der Waals surface area contributed by atoms with Gasteiger partial charge in [0.05, 0.1) is 20.5 Å². The normalized spacial score (nSPS) is 11.3. The van der Waals surface area contributed by atoms with Crippen LogP contribution in [0.5, 0.6) is 0 Å². The Morgan fingerprint density at radius 1 is 1.06 bits per heavy atom. The number of halogens is 1. The number of benzene rings is 3. The number of carbonyl (C=O) groups is 1. The maximum absolute atomic E-state index is 12.9. The molecule has 3 aromatic rings. The summed E-state index contributed by atoms with van der Waals surface area (Å²) in [6, 6.07) is 16.7. The predicted molar refractivity (Wildman–Crippen MR) is 124 cm³/mol. The summed E-state index contributed by atoms with van der Waals surface area (Å²) in [5.74, 6) is -0.491. The van der Waals surface area contributed by atoms with Crippen LogP contribution >= 0.6 is 11.6 Å². The van der Waals surface area contributed by atoms with Gasteiger partial charge in [-0.2, -0.15) is 0 Å². The van der Waals surface area contributed by atoms with Gasteiger partial charge in [0.1, 0.15) is 0 Å². The fraction of sp³-hybridized carbons (Fsp3) is 0.0455. The summed E-state index contributed by atoms with van der Waals surface area (Å²) >= 11 is 6.04. The van der Waals surface area contributed by atoms with E-state index in [0.717, 1.165) is 0 Å². The molecule has 0 unspecified atom stereocenters. The molecular formula is C22H18ClN3O5S. The van der Waals surface area contributed by atoms with Gasteiger partial charge in [0.2, 0.25) is 5.91 Å². The Balaban J connectivity index is 1.75. The van der Waals surface area contributed by atoms with Crippen molar-refractivity contribution < 1.29 is 18.1 Å². The van der Waals surface area contributed by atoms with Gasteiger partial charge in [0.15, 0.2) is 0 Å². The fourth-order valence-electron chi connectivity index (χ4n) is 2.77. The Labute approximate surface area is 189 Å². The van der Waals surface area contributed by atoms with E-state index in [2.05, 4.69) is 10.0 Å². The van der Waals surface area contributed by atoms with Crippen LogP contribution in [0, 0.1) is 17.0 Å². The van der Waals surface area contributed by atoms with E-state index in [-0.39, 0.29) is 27.0 Å². The molecule has 0 spiro atoms. The number of carbonyl (C=O) groups excluding carboxylic acids is 1. The Morgan fingerprint density at radius 3 is 2.41 bits per heavy atom. The monoisotopic (exact) mass is 471 g/mol. The second kappa shape index (κ2) is 9.63. The van der Waals surface area contributed by atoms with Gasteiger partial charge in [0, 0.05) is 23.9 Å². The number of anilines is 2. The lowest BCUT2D eigenvalue weighted by molar-refractivity contribution is -0.384. The van der Waals surface area contributed by atoms with Gasteiger partial charge in [-0.15, -0.1) is 0 Å². The fourth-order valence-corrected chi connectivity index (χ4v) is 4.36. The van der Waals surface area contributed by atoms with Crippen LogP contribution in [-0.2, 0) is 14.8 Å². The lowest BCUT2D eigenvalue weighted by atomic mass is 10.2. The second-order valence-electron chi connectivity index (χ2n) is 6.74. The molecule has 0 aliphatic heterocycles. The number of hydrogen-bond donors (Lipinski definition) is 2. The highest BCUT2D eigenvalue weighted by Gasteiger charge is 2.19. The average molecular weight is 472 g/mol. The Morgan fingerprint density at radius 2 is 1.75 bits per heavy atom.